The largest absolute Gasteiger partial charge is 0.508 e. The molecular formula is C22H25NO2. The molecule has 130 valence electrons. The van der Waals surface area contributed by atoms with Gasteiger partial charge in [0.1, 0.15) is 11.5 Å². The zero-order chi connectivity index (χ0) is 17.2. The molecule has 25 heavy (non-hydrogen) atoms. The van der Waals surface area contributed by atoms with Gasteiger partial charge in [0.25, 0.3) is 0 Å². The lowest BCUT2D eigenvalue weighted by Gasteiger charge is -2.33. The molecular weight excluding hydrogens is 310 g/mol. The number of carbonyl (C=O) groups is 1. The Bertz CT molecular complexity index is 756. The minimum atomic E-state index is 0.323. The van der Waals surface area contributed by atoms with Crippen LogP contribution >= 0.6 is 0 Å². The van der Waals surface area contributed by atoms with Gasteiger partial charge in [-0.05, 0) is 48.6 Å². The molecule has 4 rings (SSSR count). The molecule has 1 N–H and O–H groups in total. The van der Waals surface area contributed by atoms with Crippen molar-refractivity contribution in [2.45, 2.75) is 44.1 Å². The second-order valence-corrected chi connectivity index (χ2v) is 7.33. The van der Waals surface area contributed by atoms with Gasteiger partial charge in [0, 0.05) is 31.3 Å². The minimum absolute atomic E-state index is 0.323. The van der Waals surface area contributed by atoms with Gasteiger partial charge in [0.15, 0.2) is 0 Å². The molecule has 0 saturated carbocycles. The van der Waals surface area contributed by atoms with E-state index in [1.54, 1.807) is 6.07 Å². The molecule has 0 radical (unpaired) electrons. The Morgan fingerprint density at radius 2 is 1.92 bits per heavy atom. The zero-order valence-electron chi connectivity index (χ0n) is 14.5. The molecule has 1 saturated heterocycles. The maximum absolute atomic E-state index is 12.3. The van der Waals surface area contributed by atoms with Gasteiger partial charge in [-0.25, -0.2) is 0 Å². The molecule has 1 aliphatic heterocycles. The van der Waals surface area contributed by atoms with E-state index in [0.717, 1.165) is 43.5 Å². The Morgan fingerprint density at radius 1 is 1.08 bits per heavy atom. The van der Waals surface area contributed by atoms with Crippen LogP contribution in [0.15, 0.2) is 48.5 Å². The smallest absolute Gasteiger partial charge is 0.138 e. The van der Waals surface area contributed by atoms with Crippen LogP contribution in [0, 0.1) is 0 Å². The van der Waals surface area contributed by atoms with E-state index < -0.39 is 0 Å². The first-order valence-electron chi connectivity index (χ1n) is 9.33. The first-order valence-corrected chi connectivity index (χ1v) is 9.33. The summed E-state index contributed by atoms with van der Waals surface area (Å²) in [4.78, 5) is 14.8. The van der Waals surface area contributed by atoms with E-state index in [9.17, 15) is 9.90 Å². The number of carbonyl (C=O) groups excluding carboxylic acids is 1. The molecule has 3 heteroatoms. The molecule has 1 fully saturated rings. The third-order valence-electron chi connectivity index (χ3n) is 5.86. The van der Waals surface area contributed by atoms with Crippen LogP contribution in [0.2, 0.25) is 0 Å². The molecule has 0 amide bonds. The molecule has 2 unspecified atom stereocenters. The van der Waals surface area contributed by atoms with Gasteiger partial charge in [0.05, 0.1) is 0 Å². The SMILES string of the molecule is O=C(CCN1CCC2c3cccc(O)c3CCC21)Cc1ccccc1. The van der Waals surface area contributed by atoms with Crippen molar-refractivity contribution >= 4 is 5.78 Å². The van der Waals surface area contributed by atoms with Crippen LogP contribution in [-0.4, -0.2) is 34.9 Å². The number of phenols is 1. The lowest BCUT2D eigenvalue weighted by atomic mass is 9.79. The highest BCUT2D eigenvalue weighted by Crippen LogP contribution is 2.43. The van der Waals surface area contributed by atoms with Gasteiger partial charge in [-0.1, -0.05) is 42.5 Å². The summed E-state index contributed by atoms with van der Waals surface area (Å²) < 4.78 is 0. The van der Waals surface area contributed by atoms with Crippen molar-refractivity contribution in [1.82, 2.24) is 4.90 Å². The van der Waals surface area contributed by atoms with Crippen LogP contribution in [-0.2, 0) is 17.6 Å². The highest BCUT2D eigenvalue weighted by atomic mass is 16.3. The summed E-state index contributed by atoms with van der Waals surface area (Å²) in [5, 5.41) is 10.1. The summed E-state index contributed by atoms with van der Waals surface area (Å²) in [6.45, 7) is 1.92. The highest BCUT2D eigenvalue weighted by Gasteiger charge is 2.39. The average Bonchev–Trinajstić information content (AvgIpc) is 3.05. The van der Waals surface area contributed by atoms with Crippen LogP contribution in [0.4, 0.5) is 0 Å². The molecule has 0 aromatic heterocycles. The molecule has 2 aromatic rings. The van der Waals surface area contributed by atoms with Crippen molar-refractivity contribution in [3.05, 3.63) is 65.2 Å². The number of Topliss-reactive ketones (excluding diaryl/α,β-unsaturated/α-hetero) is 1. The Hall–Kier alpha value is -2.13. The van der Waals surface area contributed by atoms with E-state index in [4.69, 9.17) is 0 Å². The number of benzene rings is 2. The quantitative estimate of drug-likeness (QED) is 0.906. The Kier molecular flexibility index (Phi) is 4.58. The lowest BCUT2D eigenvalue weighted by molar-refractivity contribution is -0.118. The highest BCUT2D eigenvalue weighted by molar-refractivity contribution is 5.81. The van der Waals surface area contributed by atoms with E-state index in [0.29, 0.717) is 36.3 Å². The van der Waals surface area contributed by atoms with Crippen LogP contribution in [0.3, 0.4) is 0 Å². The fourth-order valence-electron chi connectivity index (χ4n) is 4.63. The molecule has 0 bridgehead atoms. The predicted octanol–water partition coefficient (Wildman–Crippen LogP) is 3.70. The Morgan fingerprint density at radius 3 is 2.76 bits per heavy atom. The summed E-state index contributed by atoms with van der Waals surface area (Å²) in [5.74, 6) is 1.29. The monoisotopic (exact) mass is 335 g/mol. The molecule has 2 atom stereocenters. The predicted molar refractivity (Wildman–Crippen MR) is 98.9 cm³/mol. The number of phenolic OH excluding ortho intramolecular Hbond substituents is 1. The third-order valence-corrected chi connectivity index (χ3v) is 5.86. The number of hydrogen-bond acceptors (Lipinski definition) is 3. The molecule has 2 aliphatic rings. The molecule has 1 heterocycles. The number of fused-ring (bicyclic) bond motifs is 3. The number of nitrogens with zero attached hydrogens (tertiary/aromatic N) is 1. The fraction of sp³-hybridized carbons (Fsp3) is 0.409. The topological polar surface area (TPSA) is 40.5 Å². The van der Waals surface area contributed by atoms with Crippen LogP contribution < -0.4 is 0 Å². The Labute approximate surface area is 149 Å². The summed E-state index contributed by atoms with van der Waals surface area (Å²) in [6.07, 6.45) is 4.33. The maximum Gasteiger partial charge on any atom is 0.138 e. The molecule has 1 aliphatic carbocycles. The minimum Gasteiger partial charge on any atom is -0.508 e. The van der Waals surface area contributed by atoms with E-state index in [2.05, 4.69) is 11.0 Å². The van der Waals surface area contributed by atoms with Crippen molar-refractivity contribution in [2.75, 3.05) is 13.1 Å². The number of hydrogen-bond donors (Lipinski definition) is 1. The number of likely N-dealkylation sites (tertiary alicyclic amines) is 1. The van der Waals surface area contributed by atoms with E-state index in [1.165, 1.54) is 5.56 Å². The van der Waals surface area contributed by atoms with Crippen molar-refractivity contribution in [3.8, 4) is 5.75 Å². The first kappa shape index (κ1) is 16.3. The van der Waals surface area contributed by atoms with Crippen molar-refractivity contribution < 1.29 is 9.90 Å². The Balaban J connectivity index is 1.37. The van der Waals surface area contributed by atoms with Gasteiger partial charge >= 0.3 is 0 Å². The van der Waals surface area contributed by atoms with Gasteiger partial charge in [-0.15, -0.1) is 0 Å². The van der Waals surface area contributed by atoms with Crippen molar-refractivity contribution in [2.24, 2.45) is 0 Å². The lowest BCUT2D eigenvalue weighted by Crippen LogP contribution is -2.36. The van der Waals surface area contributed by atoms with Crippen molar-refractivity contribution in [3.63, 3.8) is 0 Å². The van der Waals surface area contributed by atoms with E-state index in [-0.39, 0.29) is 0 Å². The van der Waals surface area contributed by atoms with Crippen LogP contribution in [0.25, 0.3) is 0 Å². The van der Waals surface area contributed by atoms with E-state index >= 15 is 0 Å². The third kappa shape index (κ3) is 3.34. The summed E-state index contributed by atoms with van der Waals surface area (Å²) in [5.41, 5.74) is 3.58. The van der Waals surface area contributed by atoms with Gasteiger partial charge in [0.2, 0.25) is 0 Å². The summed E-state index contributed by atoms with van der Waals surface area (Å²) >= 11 is 0. The average molecular weight is 335 g/mol. The first-order chi connectivity index (χ1) is 12.2. The van der Waals surface area contributed by atoms with Crippen LogP contribution in [0.5, 0.6) is 5.75 Å². The summed E-state index contributed by atoms with van der Waals surface area (Å²) in [7, 11) is 0. The van der Waals surface area contributed by atoms with Crippen molar-refractivity contribution in [1.29, 1.82) is 0 Å². The van der Waals surface area contributed by atoms with Gasteiger partial charge in [-0.2, -0.15) is 0 Å². The summed E-state index contributed by atoms with van der Waals surface area (Å²) in [6, 6.07) is 16.5. The van der Waals surface area contributed by atoms with E-state index in [1.807, 2.05) is 36.4 Å². The zero-order valence-corrected chi connectivity index (χ0v) is 14.5. The molecule has 2 aromatic carbocycles. The van der Waals surface area contributed by atoms with Gasteiger partial charge < -0.3 is 5.11 Å². The fourth-order valence-corrected chi connectivity index (χ4v) is 4.63. The normalized spacial score (nSPS) is 22.4. The second kappa shape index (κ2) is 7.01. The molecule has 0 spiro atoms. The second-order valence-electron chi connectivity index (χ2n) is 7.33. The molecule has 3 nitrogen and oxygen atoms in total. The van der Waals surface area contributed by atoms with Gasteiger partial charge in [-0.3, -0.25) is 9.69 Å². The number of aromatic hydroxyl groups is 1. The maximum atomic E-state index is 12.3. The number of ketones is 1. The standard InChI is InChI=1S/C22H25NO2/c24-17(15-16-5-2-1-3-6-16)11-13-23-14-12-19-18-7-4-8-22(25)20(18)9-10-21(19)23/h1-8,19,21,25H,9-15H2. The number of rotatable bonds is 5. The van der Waals surface area contributed by atoms with Crippen LogP contribution in [0.1, 0.15) is 41.9 Å².